The SMILES string of the molecule is CCN(C(=O)c1ccc2c(c1)C1C=CCC1C(c1ccc3ccccc3c1)N2)c1ccccc1. The van der Waals surface area contributed by atoms with Crippen molar-refractivity contribution in [1.29, 1.82) is 0 Å². The van der Waals surface area contributed by atoms with E-state index in [4.69, 9.17) is 0 Å². The Morgan fingerprint density at radius 1 is 0.912 bits per heavy atom. The number of nitrogens with zero attached hydrogens (tertiary/aromatic N) is 1. The van der Waals surface area contributed by atoms with Crippen molar-refractivity contribution >= 4 is 28.1 Å². The van der Waals surface area contributed by atoms with Gasteiger partial charge in [0.2, 0.25) is 0 Å². The number of anilines is 2. The van der Waals surface area contributed by atoms with Gasteiger partial charge in [0.05, 0.1) is 6.04 Å². The van der Waals surface area contributed by atoms with E-state index in [1.54, 1.807) is 0 Å². The lowest BCUT2D eigenvalue weighted by Gasteiger charge is -2.38. The molecule has 2 aliphatic rings. The monoisotopic (exact) mass is 444 g/mol. The van der Waals surface area contributed by atoms with E-state index >= 15 is 0 Å². The van der Waals surface area contributed by atoms with E-state index in [1.807, 2.05) is 48.2 Å². The van der Waals surface area contributed by atoms with E-state index in [0.29, 0.717) is 18.4 Å². The Balaban J connectivity index is 1.35. The van der Waals surface area contributed by atoms with E-state index in [2.05, 4.69) is 72.1 Å². The number of amides is 1. The number of hydrogen-bond acceptors (Lipinski definition) is 2. The molecule has 3 nitrogen and oxygen atoms in total. The summed E-state index contributed by atoms with van der Waals surface area (Å²) >= 11 is 0. The largest absolute Gasteiger partial charge is 0.378 e. The van der Waals surface area contributed by atoms with Gasteiger partial charge in [0.1, 0.15) is 0 Å². The summed E-state index contributed by atoms with van der Waals surface area (Å²) in [4.78, 5) is 15.3. The van der Waals surface area contributed by atoms with Crippen LogP contribution in [0.5, 0.6) is 0 Å². The number of nitrogens with one attached hydrogen (secondary N) is 1. The molecule has 0 spiro atoms. The van der Waals surface area contributed by atoms with Gasteiger partial charge in [0, 0.05) is 29.4 Å². The predicted octanol–water partition coefficient (Wildman–Crippen LogP) is 7.33. The van der Waals surface area contributed by atoms with Crippen LogP contribution in [0.25, 0.3) is 10.8 Å². The fourth-order valence-electron chi connectivity index (χ4n) is 5.67. The summed E-state index contributed by atoms with van der Waals surface area (Å²) in [5, 5.41) is 6.37. The minimum absolute atomic E-state index is 0.0479. The molecule has 1 aliphatic carbocycles. The van der Waals surface area contributed by atoms with Crippen LogP contribution in [-0.2, 0) is 0 Å². The summed E-state index contributed by atoms with van der Waals surface area (Å²) in [5.74, 6) is 0.800. The molecule has 3 atom stereocenters. The molecule has 6 rings (SSSR count). The second kappa shape index (κ2) is 8.49. The number of para-hydroxylation sites is 1. The van der Waals surface area contributed by atoms with E-state index in [1.165, 1.54) is 21.9 Å². The molecule has 0 bridgehead atoms. The van der Waals surface area contributed by atoms with Gasteiger partial charge in [-0.3, -0.25) is 4.79 Å². The number of hydrogen-bond donors (Lipinski definition) is 1. The molecule has 0 radical (unpaired) electrons. The van der Waals surface area contributed by atoms with E-state index in [9.17, 15) is 4.79 Å². The third-order valence-electron chi connectivity index (χ3n) is 7.37. The van der Waals surface area contributed by atoms with Crippen LogP contribution in [0.4, 0.5) is 11.4 Å². The molecular weight excluding hydrogens is 416 g/mol. The summed E-state index contributed by atoms with van der Waals surface area (Å²) in [6, 6.07) is 31.7. The van der Waals surface area contributed by atoms with Crippen molar-refractivity contribution in [2.24, 2.45) is 5.92 Å². The molecule has 1 aliphatic heterocycles. The van der Waals surface area contributed by atoms with Crippen LogP contribution in [0.1, 0.15) is 46.8 Å². The lowest BCUT2D eigenvalue weighted by Crippen LogP contribution is -2.32. The highest BCUT2D eigenvalue weighted by atomic mass is 16.2. The Bertz CT molecular complexity index is 1390. The second-order valence-corrected chi connectivity index (χ2v) is 9.27. The van der Waals surface area contributed by atoms with Crippen LogP contribution in [0.15, 0.2) is 103 Å². The van der Waals surface area contributed by atoms with Gasteiger partial charge < -0.3 is 10.2 Å². The Hall–Kier alpha value is -3.85. The molecule has 3 unspecified atom stereocenters. The number of carbonyl (C=O) groups excluding carboxylic acids is 1. The first kappa shape index (κ1) is 20.7. The van der Waals surface area contributed by atoms with Crippen LogP contribution in [0.2, 0.25) is 0 Å². The Morgan fingerprint density at radius 2 is 1.71 bits per heavy atom. The van der Waals surface area contributed by atoms with Gasteiger partial charge in [-0.2, -0.15) is 0 Å². The van der Waals surface area contributed by atoms with E-state index in [0.717, 1.165) is 23.4 Å². The third-order valence-corrected chi connectivity index (χ3v) is 7.37. The lowest BCUT2D eigenvalue weighted by molar-refractivity contribution is 0.0988. The zero-order valence-electron chi connectivity index (χ0n) is 19.3. The van der Waals surface area contributed by atoms with E-state index < -0.39 is 0 Å². The molecule has 3 heteroatoms. The Labute approximate surface area is 200 Å². The second-order valence-electron chi connectivity index (χ2n) is 9.27. The molecule has 34 heavy (non-hydrogen) atoms. The maximum absolute atomic E-state index is 13.5. The molecule has 0 saturated carbocycles. The molecule has 0 saturated heterocycles. The van der Waals surface area contributed by atoms with Gasteiger partial charge in [-0.25, -0.2) is 0 Å². The highest BCUT2D eigenvalue weighted by Gasteiger charge is 2.38. The summed E-state index contributed by atoms with van der Waals surface area (Å²) in [5.41, 5.74) is 5.36. The summed E-state index contributed by atoms with van der Waals surface area (Å²) in [6.07, 6.45) is 5.68. The summed E-state index contributed by atoms with van der Waals surface area (Å²) in [6.45, 7) is 2.66. The molecule has 0 aromatic heterocycles. The Morgan fingerprint density at radius 3 is 2.53 bits per heavy atom. The number of fused-ring (bicyclic) bond motifs is 4. The summed E-state index contributed by atoms with van der Waals surface area (Å²) < 4.78 is 0. The normalized spacial score (nSPS) is 20.4. The topological polar surface area (TPSA) is 32.3 Å². The van der Waals surface area contributed by atoms with Crippen molar-refractivity contribution in [2.45, 2.75) is 25.3 Å². The number of allylic oxidation sites excluding steroid dienone is 2. The van der Waals surface area contributed by atoms with Crippen LogP contribution < -0.4 is 10.2 Å². The van der Waals surface area contributed by atoms with Crippen LogP contribution in [-0.4, -0.2) is 12.5 Å². The van der Waals surface area contributed by atoms with Gasteiger partial charge in [-0.1, -0.05) is 66.7 Å². The predicted molar refractivity (Wildman–Crippen MR) is 141 cm³/mol. The maximum Gasteiger partial charge on any atom is 0.258 e. The van der Waals surface area contributed by atoms with Crippen LogP contribution >= 0.6 is 0 Å². The van der Waals surface area contributed by atoms with Crippen molar-refractivity contribution < 1.29 is 4.79 Å². The average molecular weight is 445 g/mol. The van der Waals surface area contributed by atoms with Crippen LogP contribution in [0.3, 0.4) is 0 Å². The molecular formula is C31H28N2O. The first-order valence-electron chi connectivity index (χ1n) is 12.2. The van der Waals surface area contributed by atoms with Gasteiger partial charge in [-0.05, 0) is 77.6 Å². The molecule has 1 N–H and O–H groups in total. The molecule has 4 aromatic carbocycles. The minimum Gasteiger partial charge on any atom is -0.378 e. The van der Waals surface area contributed by atoms with Crippen molar-refractivity contribution in [3.63, 3.8) is 0 Å². The van der Waals surface area contributed by atoms with E-state index in [-0.39, 0.29) is 11.9 Å². The molecule has 1 amide bonds. The molecule has 168 valence electrons. The highest BCUT2D eigenvalue weighted by Crippen LogP contribution is 2.50. The first-order chi connectivity index (χ1) is 16.7. The lowest BCUT2D eigenvalue weighted by atomic mass is 9.76. The maximum atomic E-state index is 13.5. The third kappa shape index (κ3) is 3.49. The van der Waals surface area contributed by atoms with Crippen molar-refractivity contribution in [3.8, 4) is 0 Å². The van der Waals surface area contributed by atoms with Crippen molar-refractivity contribution in [2.75, 3.05) is 16.8 Å². The standard InChI is InChI=1S/C31H28N2O/c1-2-33(25-11-4-3-5-12-25)31(34)24-17-18-29-28(20-24)26-13-8-14-27(26)30(32-29)23-16-15-21-9-6-7-10-22(21)19-23/h3-13,15-20,26-27,30,32H,2,14H2,1H3. The van der Waals surface area contributed by atoms with Crippen LogP contribution in [0, 0.1) is 5.92 Å². The zero-order valence-corrected chi connectivity index (χ0v) is 19.3. The van der Waals surface area contributed by atoms with Gasteiger partial charge in [-0.15, -0.1) is 0 Å². The Kier molecular flexibility index (Phi) is 5.18. The van der Waals surface area contributed by atoms with Gasteiger partial charge in [0.25, 0.3) is 5.91 Å². The van der Waals surface area contributed by atoms with Crippen molar-refractivity contribution in [1.82, 2.24) is 0 Å². The fraction of sp³-hybridized carbons (Fsp3) is 0.194. The molecule has 4 aromatic rings. The average Bonchev–Trinajstić information content (AvgIpc) is 3.39. The highest BCUT2D eigenvalue weighted by molar-refractivity contribution is 6.06. The van der Waals surface area contributed by atoms with Gasteiger partial charge >= 0.3 is 0 Å². The minimum atomic E-state index is 0.0479. The first-order valence-corrected chi connectivity index (χ1v) is 12.2. The molecule has 1 heterocycles. The number of carbonyl (C=O) groups is 1. The molecule has 0 fully saturated rings. The quantitative estimate of drug-likeness (QED) is 0.334. The fourth-order valence-corrected chi connectivity index (χ4v) is 5.67. The number of rotatable bonds is 4. The van der Waals surface area contributed by atoms with Gasteiger partial charge in [0.15, 0.2) is 0 Å². The summed E-state index contributed by atoms with van der Waals surface area (Å²) in [7, 11) is 0. The zero-order chi connectivity index (χ0) is 23.1. The smallest absolute Gasteiger partial charge is 0.258 e. The number of benzene rings is 4. The van der Waals surface area contributed by atoms with Crippen molar-refractivity contribution in [3.05, 3.63) is 120 Å².